The highest BCUT2D eigenvalue weighted by Crippen LogP contribution is 2.45. The van der Waals surface area contributed by atoms with Crippen molar-refractivity contribution in [3.05, 3.63) is 35.9 Å². The third-order valence-corrected chi connectivity index (χ3v) is 4.47. The first-order valence-electron chi connectivity index (χ1n) is 7.31. The molecule has 0 aromatic heterocycles. The first-order chi connectivity index (χ1) is 9.70. The zero-order valence-electron chi connectivity index (χ0n) is 11.7. The van der Waals surface area contributed by atoms with E-state index in [4.69, 9.17) is 4.74 Å². The van der Waals surface area contributed by atoms with Crippen LogP contribution < -0.4 is 0 Å². The Kier molecular flexibility index (Phi) is 3.74. The number of ether oxygens (including phenoxy) is 1. The number of hydrogen-bond donors (Lipinski definition) is 0. The predicted octanol–water partition coefficient (Wildman–Crippen LogP) is 2.55. The van der Waals surface area contributed by atoms with Crippen molar-refractivity contribution in [2.75, 3.05) is 6.61 Å². The van der Waals surface area contributed by atoms with Crippen LogP contribution in [0.5, 0.6) is 0 Å². The van der Waals surface area contributed by atoms with Crippen molar-refractivity contribution in [3.8, 4) is 0 Å². The number of hydrogen-bond acceptors (Lipinski definition) is 3. The minimum absolute atomic E-state index is 0.171. The average molecular weight is 277 g/mol. The second-order valence-electron chi connectivity index (χ2n) is 5.66. The average Bonchev–Trinajstić information content (AvgIpc) is 2.97. The Morgan fingerprint density at radius 2 is 2.10 bits per heavy atom. The van der Waals surface area contributed by atoms with Gasteiger partial charge in [0.2, 0.25) is 0 Å². The van der Waals surface area contributed by atoms with Gasteiger partial charge in [0.1, 0.15) is 12.2 Å². The molecule has 4 atom stereocenters. The molecule has 3 rings (SSSR count). The number of esters is 1. The Morgan fingerprint density at radius 3 is 2.80 bits per heavy atom. The van der Waals surface area contributed by atoms with Crippen LogP contribution in [0.25, 0.3) is 0 Å². The summed E-state index contributed by atoms with van der Waals surface area (Å²) in [5, 5.41) is 0. The van der Waals surface area contributed by atoms with Gasteiger partial charge in [0.15, 0.2) is 0 Å². The van der Waals surface area contributed by atoms with Crippen molar-refractivity contribution < 1.29 is 13.9 Å². The molecule has 3 nitrogen and oxygen atoms in total. The molecule has 2 aliphatic rings. The smallest absolute Gasteiger partial charge is 0.323 e. The van der Waals surface area contributed by atoms with E-state index in [0.29, 0.717) is 19.6 Å². The monoisotopic (exact) mass is 277 g/mol. The molecule has 0 radical (unpaired) electrons. The van der Waals surface area contributed by atoms with Crippen molar-refractivity contribution >= 4 is 5.97 Å². The Hall–Kier alpha value is -1.42. The Labute approximate surface area is 118 Å². The first kappa shape index (κ1) is 13.6. The lowest BCUT2D eigenvalue weighted by Gasteiger charge is -2.35. The van der Waals surface area contributed by atoms with Gasteiger partial charge in [-0.1, -0.05) is 30.3 Å². The fourth-order valence-corrected chi connectivity index (χ4v) is 3.62. The lowest BCUT2D eigenvalue weighted by atomic mass is 9.96. The molecule has 1 aromatic carbocycles. The number of carbonyl (C=O) groups excluding carboxylic acids is 1. The van der Waals surface area contributed by atoms with Crippen molar-refractivity contribution in [2.45, 2.75) is 44.6 Å². The van der Waals surface area contributed by atoms with E-state index in [-0.39, 0.29) is 17.9 Å². The molecule has 0 spiro atoms. The summed E-state index contributed by atoms with van der Waals surface area (Å²) in [5.41, 5.74) is 1.16. The highest BCUT2D eigenvalue weighted by Gasteiger charge is 2.54. The van der Waals surface area contributed by atoms with Crippen LogP contribution in [-0.4, -0.2) is 35.7 Å². The molecule has 1 aromatic rings. The number of piperidine rings is 1. The van der Waals surface area contributed by atoms with Gasteiger partial charge in [-0.2, -0.15) is 0 Å². The summed E-state index contributed by atoms with van der Waals surface area (Å²) in [6.07, 6.45) is 0.465. The summed E-state index contributed by atoms with van der Waals surface area (Å²) in [6.45, 7) is 2.83. The van der Waals surface area contributed by atoms with E-state index in [1.165, 1.54) is 0 Å². The summed E-state index contributed by atoms with van der Waals surface area (Å²) in [6, 6.07) is 9.79. The molecule has 0 N–H and O–H groups in total. The minimum atomic E-state index is -0.860. The highest BCUT2D eigenvalue weighted by atomic mass is 19.1. The Bertz CT molecular complexity index is 479. The standard InChI is InChI=1S/C16H20FNO2/c1-2-20-16(19)15-13-8-12(9-14(13)17)18(15)10-11-6-4-3-5-7-11/h3-7,12-15H,2,8-10H2,1H3. The first-order valence-corrected chi connectivity index (χ1v) is 7.31. The molecule has 0 amide bonds. The van der Waals surface area contributed by atoms with Gasteiger partial charge in [-0.05, 0) is 25.3 Å². The van der Waals surface area contributed by atoms with E-state index in [9.17, 15) is 9.18 Å². The number of benzene rings is 1. The van der Waals surface area contributed by atoms with Crippen LogP contribution in [-0.2, 0) is 16.1 Å². The highest BCUT2D eigenvalue weighted by molar-refractivity contribution is 5.77. The normalized spacial score (nSPS) is 32.5. The fraction of sp³-hybridized carbons (Fsp3) is 0.562. The van der Waals surface area contributed by atoms with E-state index < -0.39 is 12.2 Å². The van der Waals surface area contributed by atoms with E-state index in [0.717, 1.165) is 12.0 Å². The lowest BCUT2D eigenvalue weighted by molar-refractivity contribution is -0.153. The Balaban J connectivity index is 1.79. The molecule has 1 saturated heterocycles. The molecule has 4 heteroatoms. The maximum atomic E-state index is 13.9. The lowest BCUT2D eigenvalue weighted by Crippen LogP contribution is -2.49. The molecule has 1 heterocycles. The van der Waals surface area contributed by atoms with Crippen LogP contribution in [0.4, 0.5) is 4.39 Å². The molecule has 20 heavy (non-hydrogen) atoms. The number of rotatable bonds is 4. The van der Waals surface area contributed by atoms with Crippen LogP contribution in [0.1, 0.15) is 25.3 Å². The van der Waals surface area contributed by atoms with Gasteiger partial charge in [-0.15, -0.1) is 0 Å². The largest absolute Gasteiger partial charge is 0.465 e. The topological polar surface area (TPSA) is 29.5 Å². The predicted molar refractivity (Wildman–Crippen MR) is 73.8 cm³/mol. The van der Waals surface area contributed by atoms with E-state index in [1.54, 1.807) is 6.92 Å². The third-order valence-electron chi connectivity index (χ3n) is 4.47. The van der Waals surface area contributed by atoms with Crippen molar-refractivity contribution in [3.63, 3.8) is 0 Å². The van der Waals surface area contributed by atoms with Gasteiger partial charge in [-0.3, -0.25) is 9.69 Å². The number of likely N-dealkylation sites (tertiary alicyclic amines) is 1. The van der Waals surface area contributed by atoms with Crippen molar-refractivity contribution in [1.82, 2.24) is 4.90 Å². The van der Waals surface area contributed by atoms with Crippen LogP contribution in [0.2, 0.25) is 0 Å². The molecule has 4 unspecified atom stereocenters. The summed E-state index contributed by atoms with van der Waals surface area (Å²) in [4.78, 5) is 14.3. The zero-order chi connectivity index (χ0) is 14.1. The van der Waals surface area contributed by atoms with E-state index >= 15 is 0 Å². The van der Waals surface area contributed by atoms with Crippen LogP contribution in [0, 0.1) is 5.92 Å². The molecular formula is C16H20FNO2. The molecule has 1 saturated carbocycles. The van der Waals surface area contributed by atoms with Gasteiger partial charge in [-0.25, -0.2) is 4.39 Å². The van der Waals surface area contributed by atoms with Gasteiger partial charge < -0.3 is 4.74 Å². The van der Waals surface area contributed by atoms with Gasteiger partial charge in [0, 0.05) is 18.5 Å². The number of fused-ring (bicyclic) bond motifs is 2. The number of nitrogens with zero attached hydrogens (tertiary/aromatic N) is 1. The number of carbonyl (C=O) groups is 1. The molecule has 108 valence electrons. The van der Waals surface area contributed by atoms with E-state index in [2.05, 4.69) is 4.90 Å². The second kappa shape index (κ2) is 5.52. The molecule has 2 bridgehead atoms. The third kappa shape index (κ3) is 2.33. The quantitative estimate of drug-likeness (QED) is 0.792. The molecule has 1 aliphatic carbocycles. The zero-order valence-corrected chi connectivity index (χ0v) is 11.7. The maximum Gasteiger partial charge on any atom is 0.323 e. The molecule has 1 aliphatic heterocycles. The van der Waals surface area contributed by atoms with Crippen LogP contribution in [0.15, 0.2) is 30.3 Å². The summed E-state index contributed by atoms with van der Waals surface area (Å²) in [7, 11) is 0. The summed E-state index contributed by atoms with van der Waals surface area (Å²) >= 11 is 0. The number of alkyl halides is 1. The minimum Gasteiger partial charge on any atom is -0.465 e. The summed E-state index contributed by atoms with van der Waals surface area (Å²) < 4.78 is 19.1. The molecular weight excluding hydrogens is 257 g/mol. The van der Waals surface area contributed by atoms with Gasteiger partial charge >= 0.3 is 5.97 Å². The van der Waals surface area contributed by atoms with Gasteiger partial charge in [0.05, 0.1) is 6.61 Å². The summed E-state index contributed by atoms with van der Waals surface area (Å²) in [5.74, 6) is -0.457. The molecule has 2 fully saturated rings. The van der Waals surface area contributed by atoms with Crippen LogP contribution >= 0.6 is 0 Å². The fourth-order valence-electron chi connectivity index (χ4n) is 3.62. The van der Waals surface area contributed by atoms with Gasteiger partial charge in [0.25, 0.3) is 0 Å². The number of halogens is 1. The van der Waals surface area contributed by atoms with Crippen molar-refractivity contribution in [2.24, 2.45) is 5.92 Å². The maximum absolute atomic E-state index is 13.9. The van der Waals surface area contributed by atoms with Crippen LogP contribution in [0.3, 0.4) is 0 Å². The van der Waals surface area contributed by atoms with Crippen molar-refractivity contribution in [1.29, 1.82) is 0 Å². The second-order valence-corrected chi connectivity index (χ2v) is 5.66. The Morgan fingerprint density at radius 1 is 1.35 bits per heavy atom. The SMILES string of the molecule is CCOC(=O)C1C2CC(CC2F)N1Cc1ccccc1. The van der Waals surface area contributed by atoms with E-state index in [1.807, 2.05) is 30.3 Å².